The molecule has 1 aliphatic heterocycles. The summed E-state index contributed by atoms with van der Waals surface area (Å²) in [4.78, 5) is 2.14. The first kappa shape index (κ1) is 15.3. The fraction of sp³-hybridized carbons (Fsp3) is 0.625. The minimum Gasteiger partial charge on any atom is -0.396 e. The monoisotopic (exact) mass is 280 g/mol. The molecule has 0 radical (unpaired) electrons. The van der Waals surface area contributed by atoms with Gasteiger partial charge in [-0.1, -0.05) is 19.1 Å². The Balaban J connectivity index is 2.09. The minimum absolute atomic E-state index is 0.134. The third-order valence-corrected chi connectivity index (χ3v) is 3.95. The van der Waals surface area contributed by atoms with Gasteiger partial charge < -0.3 is 15.3 Å². The third kappa shape index (κ3) is 3.70. The molecule has 20 heavy (non-hydrogen) atoms. The zero-order valence-corrected chi connectivity index (χ0v) is 12.2. The lowest BCUT2D eigenvalue weighted by atomic mass is 10.1. The summed E-state index contributed by atoms with van der Waals surface area (Å²) < 4.78 is 14.2. The van der Waals surface area contributed by atoms with Crippen LogP contribution in [0.25, 0.3) is 0 Å². The van der Waals surface area contributed by atoms with Crippen LogP contribution in [0.4, 0.5) is 10.1 Å². The van der Waals surface area contributed by atoms with E-state index < -0.39 is 0 Å². The second kappa shape index (κ2) is 7.60. The highest BCUT2D eigenvalue weighted by atomic mass is 19.1. The Morgan fingerprint density at radius 1 is 1.45 bits per heavy atom. The van der Waals surface area contributed by atoms with Crippen LogP contribution >= 0.6 is 0 Å². The number of para-hydroxylation sites is 1. The topological polar surface area (TPSA) is 35.5 Å². The van der Waals surface area contributed by atoms with Gasteiger partial charge in [0.2, 0.25) is 0 Å². The molecule has 4 heteroatoms. The van der Waals surface area contributed by atoms with Gasteiger partial charge in [-0.05, 0) is 43.4 Å². The largest absolute Gasteiger partial charge is 0.396 e. The first-order valence-electron chi connectivity index (χ1n) is 7.60. The summed E-state index contributed by atoms with van der Waals surface area (Å²) in [6, 6.07) is 5.32. The number of hydrogen-bond acceptors (Lipinski definition) is 3. The van der Waals surface area contributed by atoms with Gasteiger partial charge in [0.25, 0.3) is 0 Å². The number of rotatable bonds is 7. The van der Waals surface area contributed by atoms with E-state index >= 15 is 0 Å². The highest BCUT2D eigenvalue weighted by Crippen LogP contribution is 2.30. The van der Waals surface area contributed by atoms with Gasteiger partial charge in [-0.2, -0.15) is 0 Å². The van der Waals surface area contributed by atoms with Crippen LogP contribution in [0.2, 0.25) is 0 Å². The quantitative estimate of drug-likeness (QED) is 0.753. The molecule has 1 atom stereocenters. The van der Waals surface area contributed by atoms with Crippen LogP contribution in [0.15, 0.2) is 18.2 Å². The fourth-order valence-electron chi connectivity index (χ4n) is 2.91. The van der Waals surface area contributed by atoms with Gasteiger partial charge in [0.1, 0.15) is 5.82 Å². The fourth-order valence-corrected chi connectivity index (χ4v) is 2.91. The summed E-state index contributed by atoms with van der Waals surface area (Å²) in [5, 5.41) is 12.4. The summed E-state index contributed by atoms with van der Waals surface area (Å²) in [6.07, 6.45) is 2.93. The van der Waals surface area contributed by atoms with E-state index in [1.807, 2.05) is 6.07 Å². The van der Waals surface area contributed by atoms with Crippen molar-refractivity contribution in [1.82, 2.24) is 5.32 Å². The maximum atomic E-state index is 14.2. The van der Waals surface area contributed by atoms with E-state index in [9.17, 15) is 4.39 Å². The smallest absolute Gasteiger partial charge is 0.146 e. The number of halogens is 1. The molecular weight excluding hydrogens is 255 g/mol. The van der Waals surface area contributed by atoms with Crippen molar-refractivity contribution in [2.24, 2.45) is 5.92 Å². The van der Waals surface area contributed by atoms with Gasteiger partial charge in [-0.15, -0.1) is 0 Å². The summed E-state index contributed by atoms with van der Waals surface area (Å²) in [6.45, 7) is 5.74. The summed E-state index contributed by atoms with van der Waals surface area (Å²) in [7, 11) is 0. The van der Waals surface area contributed by atoms with E-state index in [1.165, 1.54) is 6.07 Å². The van der Waals surface area contributed by atoms with Crippen LogP contribution in [-0.2, 0) is 6.54 Å². The first-order valence-corrected chi connectivity index (χ1v) is 7.60. The average molecular weight is 280 g/mol. The van der Waals surface area contributed by atoms with E-state index in [1.54, 1.807) is 6.07 Å². The molecule has 2 N–H and O–H groups in total. The molecule has 1 aromatic rings. The van der Waals surface area contributed by atoms with Gasteiger partial charge in [0.05, 0.1) is 5.69 Å². The molecule has 1 unspecified atom stereocenters. The Kier molecular flexibility index (Phi) is 5.80. The average Bonchev–Trinajstić information content (AvgIpc) is 2.88. The van der Waals surface area contributed by atoms with Gasteiger partial charge >= 0.3 is 0 Å². The molecule has 1 saturated heterocycles. The zero-order chi connectivity index (χ0) is 14.4. The van der Waals surface area contributed by atoms with Crippen LogP contribution in [0.5, 0.6) is 0 Å². The van der Waals surface area contributed by atoms with Crippen molar-refractivity contribution in [3.05, 3.63) is 29.6 Å². The number of aliphatic hydroxyl groups is 1. The maximum absolute atomic E-state index is 14.2. The predicted molar refractivity (Wildman–Crippen MR) is 80.4 cm³/mol. The van der Waals surface area contributed by atoms with Crippen molar-refractivity contribution in [3.63, 3.8) is 0 Å². The summed E-state index contributed by atoms with van der Waals surface area (Å²) in [5.41, 5.74) is 1.78. The second-order valence-electron chi connectivity index (χ2n) is 5.54. The molecule has 1 aromatic carbocycles. The lowest BCUT2D eigenvalue weighted by Gasteiger charge is -2.23. The molecule has 1 aliphatic rings. The molecule has 0 amide bonds. The minimum atomic E-state index is -0.134. The van der Waals surface area contributed by atoms with Crippen molar-refractivity contribution in [2.75, 3.05) is 31.1 Å². The molecule has 0 aromatic heterocycles. The van der Waals surface area contributed by atoms with Crippen LogP contribution in [-0.4, -0.2) is 31.3 Å². The SMILES string of the molecule is CCCNCc1cccc(F)c1N1CCC(CCO)C1. The zero-order valence-electron chi connectivity index (χ0n) is 12.2. The molecular formula is C16H25FN2O. The van der Waals surface area contributed by atoms with Gasteiger partial charge in [0.15, 0.2) is 0 Å². The van der Waals surface area contributed by atoms with E-state index in [0.717, 1.165) is 50.1 Å². The van der Waals surface area contributed by atoms with Crippen molar-refractivity contribution in [2.45, 2.75) is 32.7 Å². The van der Waals surface area contributed by atoms with Gasteiger partial charge in [-0.3, -0.25) is 0 Å². The molecule has 0 bridgehead atoms. The van der Waals surface area contributed by atoms with E-state index in [0.29, 0.717) is 12.5 Å². The maximum Gasteiger partial charge on any atom is 0.146 e. The van der Waals surface area contributed by atoms with E-state index in [-0.39, 0.29) is 12.4 Å². The molecule has 3 nitrogen and oxygen atoms in total. The standard InChI is InChI=1S/C16H25FN2O/c1-2-8-18-11-14-4-3-5-15(17)16(14)19-9-6-13(12-19)7-10-20/h3-5,13,18,20H,2,6-12H2,1H3. The first-order chi connectivity index (χ1) is 9.76. The molecule has 0 spiro atoms. The van der Waals surface area contributed by atoms with Gasteiger partial charge in [-0.25, -0.2) is 4.39 Å². The van der Waals surface area contributed by atoms with E-state index in [4.69, 9.17) is 5.11 Å². The normalized spacial score (nSPS) is 18.8. The number of aliphatic hydroxyl groups excluding tert-OH is 1. The number of anilines is 1. The summed E-state index contributed by atoms with van der Waals surface area (Å²) in [5.74, 6) is 0.349. The highest BCUT2D eigenvalue weighted by Gasteiger charge is 2.25. The number of nitrogens with one attached hydrogen (secondary N) is 1. The van der Waals surface area contributed by atoms with Gasteiger partial charge in [0, 0.05) is 26.2 Å². The molecule has 2 rings (SSSR count). The highest BCUT2D eigenvalue weighted by molar-refractivity contribution is 5.55. The van der Waals surface area contributed by atoms with Crippen LogP contribution in [0.1, 0.15) is 31.7 Å². The van der Waals surface area contributed by atoms with Crippen molar-refractivity contribution in [3.8, 4) is 0 Å². The molecule has 1 heterocycles. The number of nitrogens with zero attached hydrogens (tertiary/aromatic N) is 1. The van der Waals surface area contributed by atoms with Crippen molar-refractivity contribution < 1.29 is 9.50 Å². The van der Waals surface area contributed by atoms with Crippen LogP contribution < -0.4 is 10.2 Å². The van der Waals surface area contributed by atoms with Crippen molar-refractivity contribution in [1.29, 1.82) is 0 Å². The lowest BCUT2D eigenvalue weighted by molar-refractivity contribution is 0.263. The summed E-state index contributed by atoms with van der Waals surface area (Å²) >= 11 is 0. The predicted octanol–water partition coefficient (Wildman–Crippen LogP) is 2.53. The third-order valence-electron chi connectivity index (χ3n) is 3.95. The van der Waals surface area contributed by atoms with Crippen LogP contribution in [0.3, 0.4) is 0 Å². The Morgan fingerprint density at radius 2 is 2.30 bits per heavy atom. The Labute approximate surface area is 120 Å². The van der Waals surface area contributed by atoms with E-state index in [2.05, 4.69) is 17.1 Å². The molecule has 112 valence electrons. The lowest BCUT2D eigenvalue weighted by Crippen LogP contribution is -2.24. The second-order valence-corrected chi connectivity index (χ2v) is 5.54. The number of hydrogen-bond donors (Lipinski definition) is 2. The molecule has 1 fully saturated rings. The van der Waals surface area contributed by atoms with Crippen LogP contribution in [0, 0.1) is 11.7 Å². The Morgan fingerprint density at radius 3 is 3.05 bits per heavy atom. The number of benzene rings is 1. The molecule has 0 aliphatic carbocycles. The Hall–Kier alpha value is -1.13. The Bertz CT molecular complexity index is 425. The van der Waals surface area contributed by atoms with Crippen molar-refractivity contribution >= 4 is 5.69 Å². The molecule has 0 saturated carbocycles.